The van der Waals surface area contributed by atoms with Gasteiger partial charge in [0, 0.05) is 39.1 Å². The molecular weight excluding hydrogens is 192 g/mol. The maximum atomic E-state index is 5.58. The first-order chi connectivity index (χ1) is 7.13. The average molecular weight is 210 g/mol. The minimum Gasteiger partial charge on any atom is -0.385 e. The van der Waals surface area contributed by atoms with Crippen LogP contribution in [0, 0.1) is 6.92 Å². The van der Waals surface area contributed by atoms with E-state index in [2.05, 4.69) is 9.97 Å². The Morgan fingerprint density at radius 1 is 1.47 bits per heavy atom. The fraction of sp³-hybridized carbons (Fsp3) is 0.600. The van der Waals surface area contributed by atoms with E-state index >= 15 is 0 Å². The van der Waals surface area contributed by atoms with Crippen LogP contribution in [0.25, 0.3) is 0 Å². The van der Waals surface area contributed by atoms with Crippen LogP contribution in [0.3, 0.4) is 0 Å². The molecule has 2 N–H and O–H groups in total. The van der Waals surface area contributed by atoms with E-state index < -0.39 is 0 Å². The summed E-state index contributed by atoms with van der Waals surface area (Å²) in [5, 5.41) is 0. The van der Waals surface area contributed by atoms with Gasteiger partial charge in [0.05, 0.1) is 0 Å². The van der Waals surface area contributed by atoms with E-state index in [-0.39, 0.29) is 0 Å². The molecule has 0 aliphatic heterocycles. The molecule has 1 aromatic rings. The molecule has 1 heterocycles. The molecular formula is C10H18N4O. The van der Waals surface area contributed by atoms with Crippen LogP contribution < -0.4 is 10.6 Å². The Kier molecular flexibility index (Phi) is 4.30. The number of rotatable bonds is 5. The molecule has 5 heteroatoms. The summed E-state index contributed by atoms with van der Waals surface area (Å²) in [6, 6.07) is 1.92. The second-order valence-electron chi connectivity index (χ2n) is 3.49. The molecule has 0 atom stereocenters. The zero-order valence-electron chi connectivity index (χ0n) is 9.53. The number of hydrogen-bond acceptors (Lipinski definition) is 5. The zero-order chi connectivity index (χ0) is 11.3. The summed E-state index contributed by atoms with van der Waals surface area (Å²) >= 11 is 0. The van der Waals surface area contributed by atoms with Gasteiger partial charge in [0.2, 0.25) is 5.95 Å². The number of nitrogens with two attached hydrogens (primary N) is 1. The Morgan fingerprint density at radius 3 is 2.80 bits per heavy atom. The maximum Gasteiger partial charge on any atom is 0.222 e. The van der Waals surface area contributed by atoms with Gasteiger partial charge in [-0.05, 0) is 13.3 Å². The zero-order valence-corrected chi connectivity index (χ0v) is 9.53. The average Bonchev–Trinajstić information content (AvgIpc) is 2.16. The van der Waals surface area contributed by atoms with Crippen molar-refractivity contribution < 1.29 is 4.74 Å². The van der Waals surface area contributed by atoms with Crippen molar-refractivity contribution >= 4 is 11.8 Å². The molecule has 0 saturated carbocycles. The van der Waals surface area contributed by atoms with E-state index in [0.29, 0.717) is 5.95 Å². The summed E-state index contributed by atoms with van der Waals surface area (Å²) in [5.41, 5.74) is 6.46. The molecule has 1 aromatic heterocycles. The highest BCUT2D eigenvalue weighted by atomic mass is 16.5. The second kappa shape index (κ2) is 5.50. The molecule has 1 rings (SSSR count). The van der Waals surface area contributed by atoms with E-state index in [1.807, 2.05) is 24.9 Å². The lowest BCUT2D eigenvalue weighted by Gasteiger charge is -2.18. The number of nitrogen functional groups attached to an aromatic ring is 1. The van der Waals surface area contributed by atoms with E-state index in [1.54, 1.807) is 7.11 Å². The van der Waals surface area contributed by atoms with Gasteiger partial charge in [0.25, 0.3) is 0 Å². The van der Waals surface area contributed by atoms with Crippen molar-refractivity contribution in [3.8, 4) is 0 Å². The van der Waals surface area contributed by atoms with E-state index in [1.165, 1.54) is 0 Å². The normalized spacial score (nSPS) is 10.3. The highest BCUT2D eigenvalue weighted by Gasteiger charge is 2.04. The van der Waals surface area contributed by atoms with Gasteiger partial charge in [0.1, 0.15) is 5.82 Å². The summed E-state index contributed by atoms with van der Waals surface area (Å²) in [5.74, 6) is 1.18. The van der Waals surface area contributed by atoms with Crippen LogP contribution in [0.5, 0.6) is 0 Å². The molecule has 0 aromatic carbocycles. The van der Waals surface area contributed by atoms with Crippen LogP contribution in [0.15, 0.2) is 6.07 Å². The number of hydrogen-bond donors (Lipinski definition) is 1. The number of aryl methyl sites for hydroxylation is 1. The highest BCUT2D eigenvalue weighted by Crippen LogP contribution is 2.11. The van der Waals surface area contributed by atoms with Gasteiger partial charge in [-0.25, -0.2) is 4.98 Å². The third kappa shape index (κ3) is 3.71. The van der Waals surface area contributed by atoms with E-state index in [9.17, 15) is 0 Å². The standard InChI is InChI=1S/C10H18N4O/c1-8-7-9(13-10(11)12-8)14(2)5-4-6-15-3/h7H,4-6H2,1-3H3,(H2,11,12,13). The SMILES string of the molecule is COCCCN(C)c1cc(C)nc(N)n1. The largest absolute Gasteiger partial charge is 0.385 e. The van der Waals surface area contributed by atoms with Gasteiger partial charge in [0.15, 0.2) is 0 Å². The lowest BCUT2D eigenvalue weighted by Crippen LogP contribution is -2.21. The minimum absolute atomic E-state index is 0.323. The smallest absolute Gasteiger partial charge is 0.222 e. The van der Waals surface area contributed by atoms with Crippen molar-refractivity contribution in [3.63, 3.8) is 0 Å². The lowest BCUT2D eigenvalue weighted by atomic mass is 10.3. The van der Waals surface area contributed by atoms with Crippen molar-refractivity contribution in [2.45, 2.75) is 13.3 Å². The van der Waals surface area contributed by atoms with Crippen molar-refractivity contribution in [1.82, 2.24) is 9.97 Å². The topological polar surface area (TPSA) is 64.3 Å². The molecule has 0 unspecified atom stereocenters. The summed E-state index contributed by atoms with van der Waals surface area (Å²) in [6.45, 7) is 3.55. The molecule has 0 fully saturated rings. The van der Waals surface area contributed by atoms with Gasteiger partial charge < -0.3 is 15.4 Å². The molecule has 0 radical (unpaired) electrons. The monoisotopic (exact) mass is 210 g/mol. The summed E-state index contributed by atoms with van der Waals surface area (Å²) in [7, 11) is 3.68. The Morgan fingerprint density at radius 2 is 2.20 bits per heavy atom. The van der Waals surface area contributed by atoms with Crippen LogP contribution in [0.1, 0.15) is 12.1 Å². The molecule has 15 heavy (non-hydrogen) atoms. The Hall–Kier alpha value is -1.36. The van der Waals surface area contributed by atoms with E-state index in [0.717, 1.165) is 31.1 Å². The molecule has 0 spiro atoms. The van der Waals surface area contributed by atoms with Gasteiger partial charge in [-0.1, -0.05) is 0 Å². The Labute approximate surface area is 90.3 Å². The number of methoxy groups -OCH3 is 1. The van der Waals surface area contributed by atoms with Gasteiger partial charge in [-0.2, -0.15) is 4.98 Å². The predicted octanol–water partition coefficient (Wildman–Crippen LogP) is 0.840. The highest BCUT2D eigenvalue weighted by molar-refractivity contribution is 5.42. The molecule has 0 amide bonds. The second-order valence-corrected chi connectivity index (χ2v) is 3.49. The first kappa shape index (κ1) is 11.7. The lowest BCUT2D eigenvalue weighted by molar-refractivity contribution is 0.196. The number of aromatic nitrogens is 2. The Balaban J connectivity index is 2.60. The molecule has 0 aliphatic rings. The maximum absolute atomic E-state index is 5.58. The molecule has 0 aliphatic carbocycles. The predicted molar refractivity (Wildman–Crippen MR) is 60.9 cm³/mol. The Bertz CT molecular complexity index is 296. The first-order valence-corrected chi connectivity index (χ1v) is 4.94. The van der Waals surface area contributed by atoms with Crippen molar-refractivity contribution in [2.24, 2.45) is 0 Å². The number of nitrogens with zero attached hydrogens (tertiary/aromatic N) is 3. The third-order valence-corrected chi connectivity index (χ3v) is 2.09. The molecule has 0 bridgehead atoms. The van der Waals surface area contributed by atoms with Crippen LogP contribution >= 0.6 is 0 Å². The van der Waals surface area contributed by atoms with Gasteiger partial charge in [-0.3, -0.25) is 0 Å². The van der Waals surface area contributed by atoms with E-state index in [4.69, 9.17) is 10.5 Å². The molecule has 84 valence electrons. The van der Waals surface area contributed by atoms with Crippen LogP contribution in [0.2, 0.25) is 0 Å². The fourth-order valence-corrected chi connectivity index (χ4v) is 1.33. The summed E-state index contributed by atoms with van der Waals surface area (Å²) in [6.07, 6.45) is 0.968. The van der Waals surface area contributed by atoms with Crippen molar-refractivity contribution in [2.75, 3.05) is 37.9 Å². The number of anilines is 2. The van der Waals surface area contributed by atoms with Gasteiger partial charge in [-0.15, -0.1) is 0 Å². The summed E-state index contributed by atoms with van der Waals surface area (Å²) in [4.78, 5) is 10.2. The van der Waals surface area contributed by atoms with Crippen molar-refractivity contribution in [3.05, 3.63) is 11.8 Å². The van der Waals surface area contributed by atoms with Crippen LogP contribution in [0.4, 0.5) is 11.8 Å². The fourth-order valence-electron chi connectivity index (χ4n) is 1.33. The summed E-state index contributed by atoms with van der Waals surface area (Å²) < 4.78 is 4.99. The van der Waals surface area contributed by atoms with Crippen LogP contribution in [-0.2, 0) is 4.74 Å². The number of ether oxygens (including phenoxy) is 1. The molecule has 5 nitrogen and oxygen atoms in total. The minimum atomic E-state index is 0.323. The third-order valence-electron chi connectivity index (χ3n) is 2.09. The molecule has 0 saturated heterocycles. The van der Waals surface area contributed by atoms with Crippen LogP contribution in [-0.4, -0.2) is 37.3 Å². The first-order valence-electron chi connectivity index (χ1n) is 4.94. The van der Waals surface area contributed by atoms with Crippen molar-refractivity contribution in [1.29, 1.82) is 0 Å². The quantitative estimate of drug-likeness (QED) is 0.730. The van der Waals surface area contributed by atoms with Gasteiger partial charge >= 0.3 is 0 Å².